The zero-order valence-corrected chi connectivity index (χ0v) is 9.40. The van der Waals surface area contributed by atoms with Gasteiger partial charge in [0.05, 0.1) is 0 Å². The van der Waals surface area contributed by atoms with Crippen molar-refractivity contribution in [2.75, 3.05) is 0 Å². The van der Waals surface area contributed by atoms with Crippen molar-refractivity contribution < 1.29 is 0 Å². The number of rotatable bonds is 4. The van der Waals surface area contributed by atoms with Crippen LogP contribution in [0.1, 0.15) is 25.0 Å². The van der Waals surface area contributed by atoms with Gasteiger partial charge in [-0.25, -0.2) is 0 Å². The number of aliphatic imine (C=N–C) groups is 1. The van der Waals surface area contributed by atoms with Crippen molar-refractivity contribution in [2.45, 2.75) is 19.9 Å². The van der Waals surface area contributed by atoms with Gasteiger partial charge in [-0.15, -0.1) is 0 Å². The summed E-state index contributed by atoms with van der Waals surface area (Å²) in [5.74, 6) is 0. The van der Waals surface area contributed by atoms with Crippen LogP contribution in [-0.2, 0) is 0 Å². The maximum Gasteiger partial charge on any atom is 0.0443 e. The van der Waals surface area contributed by atoms with E-state index in [1.165, 1.54) is 0 Å². The van der Waals surface area contributed by atoms with Crippen molar-refractivity contribution in [1.82, 2.24) is 0 Å². The first kappa shape index (κ1) is 11.4. The first-order valence-corrected chi connectivity index (χ1v) is 5.08. The van der Waals surface area contributed by atoms with Crippen molar-refractivity contribution >= 4 is 11.8 Å². The predicted octanol–water partition coefficient (Wildman–Crippen LogP) is 3.71. The number of nitrogens with zero attached hydrogens (tertiary/aromatic N) is 1. The van der Waals surface area contributed by atoms with Crippen LogP contribution in [0, 0.1) is 0 Å². The van der Waals surface area contributed by atoms with E-state index in [1.54, 1.807) is 6.08 Å². The minimum absolute atomic E-state index is 0.341. The summed E-state index contributed by atoms with van der Waals surface area (Å²) >= 11 is 0. The Morgan fingerprint density at radius 2 is 1.87 bits per heavy atom. The third-order valence-corrected chi connectivity index (χ3v) is 2.05. The molecule has 0 unspecified atom stereocenters. The molecule has 0 amide bonds. The topological polar surface area (TPSA) is 12.4 Å². The van der Waals surface area contributed by atoms with Crippen molar-refractivity contribution in [3.05, 3.63) is 54.6 Å². The van der Waals surface area contributed by atoms with E-state index >= 15 is 0 Å². The molecule has 1 nitrogen and oxygen atoms in total. The van der Waals surface area contributed by atoms with Gasteiger partial charge in [-0.3, -0.25) is 4.99 Å². The van der Waals surface area contributed by atoms with Crippen LogP contribution < -0.4 is 0 Å². The number of allylic oxidation sites excluding steroid dienone is 2. The fraction of sp³-hybridized carbons (Fsp3) is 0.214. The Labute approximate surface area is 91.9 Å². The molecule has 0 saturated carbocycles. The quantitative estimate of drug-likeness (QED) is 0.517. The van der Waals surface area contributed by atoms with Crippen LogP contribution in [0.5, 0.6) is 0 Å². The van der Waals surface area contributed by atoms with Gasteiger partial charge in [0.25, 0.3) is 0 Å². The lowest BCUT2D eigenvalue weighted by Crippen LogP contribution is -1.90. The van der Waals surface area contributed by atoms with Crippen molar-refractivity contribution in [3.63, 3.8) is 0 Å². The summed E-state index contributed by atoms with van der Waals surface area (Å²) in [6.45, 7) is 11.7. The second-order valence-electron chi connectivity index (χ2n) is 3.72. The van der Waals surface area contributed by atoms with Crippen LogP contribution in [0.3, 0.4) is 0 Å². The maximum atomic E-state index is 4.32. The SMILES string of the molecule is C=CC(=C)c1ccc(C=NC(C)C)cc1. The Morgan fingerprint density at radius 1 is 1.27 bits per heavy atom. The molecule has 1 aromatic rings. The maximum absolute atomic E-state index is 4.32. The van der Waals surface area contributed by atoms with Crippen molar-refractivity contribution in [3.8, 4) is 0 Å². The Hall–Kier alpha value is -1.63. The molecule has 0 heterocycles. The molecule has 0 saturated heterocycles. The molecule has 1 aromatic carbocycles. The van der Waals surface area contributed by atoms with Gasteiger partial charge in [-0.05, 0) is 30.5 Å². The molecular formula is C14H17N. The largest absolute Gasteiger partial charge is 0.290 e. The van der Waals surface area contributed by atoms with E-state index in [9.17, 15) is 0 Å². The molecule has 0 aliphatic heterocycles. The van der Waals surface area contributed by atoms with Crippen molar-refractivity contribution in [2.24, 2.45) is 4.99 Å². The average Bonchev–Trinajstić information content (AvgIpc) is 2.26. The third kappa shape index (κ3) is 3.55. The smallest absolute Gasteiger partial charge is 0.0443 e. The van der Waals surface area contributed by atoms with Crippen molar-refractivity contribution in [1.29, 1.82) is 0 Å². The summed E-state index contributed by atoms with van der Waals surface area (Å²) in [4.78, 5) is 4.32. The molecule has 0 bridgehead atoms. The highest BCUT2D eigenvalue weighted by molar-refractivity contribution is 5.81. The molecule has 1 rings (SSSR count). The summed E-state index contributed by atoms with van der Waals surface area (Å²) in [5.41, 5.74) is 3.17. The Kier molecular flexibility index (Phi) is 4.04. The minimum atomic E-state index is 0.341. The van der Waals surface area contributed by atoms with Gasteiger partial charge in [-0.1, -0.05) is 43.5 Å². The van der Waals surface area contributed by atoms with Crippen LogP contribution >= 0.6 is 0 Å². The van der Waals surface area contributed by atoms with Gasteiger partial charge >= 0.3 is 0 Å². The molecule has 1 heteroatoms. The highest BCUT2D eigenvalue weighted by Gasteiger charge is 1.94. The monoisotopic (exact) mass is 199 g/mol. The summed E-state index contributed by atoms with van der Waals surface area (Å²) in [5, 5.41) is 0. The molecule has 0 fully saturated rings. The minimum Gasteiger partial charge on any atom is -0.290 e. The first-order valence-electron chi connectivity index (χ1n) is 5.08. The zero-order valence-electron chi connectivity index (χ0n) is 9.40. The van der Waals surface area contributed by atoms with Gasteiger partial charge in [0.2, 0.25) is 0 Å². The van der Waals surface area contributed by atoms with E-state index in [0.29, 0.717) is 6.04 Å². The molecule has 15 heavy (non-hydrogen) atoms. The van der Waals surface area contributed by atoms with Gasteiger partial charge in [0, 0.05) is 12.3 Å². The highest BCUT2D eigenvalue weighted by Crippen LogP contribution is 2.13. The van der Waals surface area contributed by atoms with Gasteiger partial charge < -0.3 is 0 Å². The molecule has 0 N–H and O–H groups in total. The average molecular weight is 199 g/mol. The zero-order chi connectivity index (χ0) is 11.3. The van der Waals surface area contributed by atoms with E-state index in [2.05, 4.69) is 32.0 Å². The van der Waals surface area contributed by atoms with Crippen LogP contribution in [0.15, 0.2) is 48.5 Å². The van der Waals surface area contributed by atoms with E-state index < -0.39 is 0 Å². The Morgan fingerprint density at radius 3 is 2.33 bits per heavy atom. The van der Waals surface area contributed by atoms with Gasteiger partial charge in [0.1, 0.15) is 0 Å². The number of hydrogen-bond acceptors (Lipinski definition) is 1. The number of benzene rings is 1. The third-order valence-electron chi connectivity index (χ3n) is 2.05. The molecule has 0 aliphatic rings. The van der Waals surface area contributed by atoms with E-state index in [0.717, 1.165) is 16.7 Å². The second kappa shape index (κ2) is 5.30. The lowest BCUT2D eigenvalue weighted by Gasteiger charge is -2.01. The fourth-order valence-corrected chi connectivity index (χ4v) is 1.14. The van der Waals surface area contributed by atoms with E-state index in [-0.39, 0.29) is 0 Å². The normalized spacial score (nSPS) is 10.9. The Bertz CT molecular complexity index is 369. The van der Waals surface area contributed by atoms with Crippen LogP contribution in [-0.4, -0.2) is 12.3 Å². The Balaban J connectivity index is 2.81. The van der Waals surface area contributed by atoms with Crippen LogP contribution in [0.25, 0.3) is 5.57 Å². The van der Waals surface area contributed by atoms with E-state index in [1.807, 2.05) is 30.5 Å². The molecular weight excluding hydrogens is 182 g/mol. The van der Waals surface area contributed by atoms with Crippen LogP contribution in [0.4, 0.5) is 0 Å². The lowest BCUT2D eigenvalue weighted by molar-refractivity contribution is 0.841. The fourth-order valence-electron chi connectivity index (χ4n) is 1.14. The van der Waals surface area contributed by atoms with Gasteiger partial charge in [-0.2, -0.15) is 0 Å². The van der Waals surface area contributed by atoms with Crippen LogP contribution in [0.2, 0.25) is 0 Å². The standard InChI is InChI=1S/C14H17N/c1-5-12(4)14-8-6-13(7-9-14)10-15-11(2)3/h5-11H,1,4H2,2-3H3. The second-order valence-corrected chi connectivity index (χ2v) is 3.72. The molecule has 0 radical (unpaired) electrons. The van der Waals surface area contributed by atoms with E-state index in [4.69, 9.17) is 0 Å². The summed E-state index contributed by atoms with van der Waals surface area (Å²) < 4.78 is 0. The highest BCUT2D eigenvalue weighted by atomic mass is 14.7. The summed E-state index contributed by atoms with van der Waals surface area (Å²) in [6, 6.07) is 8.48. The molecule has 0 aliphatic carbocycles. The van der Waals surface area contributed by atoms with Gasteiger partial charge in [0.15, 0.2) is 0 Å². The molecule has 0 atom stereocenters. The predicted molar refractivity (Wildman–Crippen MR) is 68.4 cm³/mol. The summed E-state index contributed by atoms with van der Waals surface area (Å²) in [7, 11) is 0. The number of hydrogen-bond donors (Lipinski definition) is 0. The first-order chi connectivity index (χ1) is 7.13. The molecule has 0 aromatic heterocycles. The molecule has 0 spiro atoms. The lowest BCUT2D eigenvalue weighted by atomic mass is 10.1. The molecule has 78 valence electrons. The summed E-state index contributed by atoms with van der Waals surface area (Å²) in [6.07, 6.45) is 3.66.